The minimum Gasteiger partial charge on any atom is -0.370 e. The Bertz CT molecular complexity index is 54.0. The zero-order valence-corrected chi connectivity index (χ0v) is 5.49. The van der Waals surface area contributed by atoms with E-state index in [0.29, 0.717) is 12.2 Å². The third kappa shape index (κ3) is 1.66. The van der Waals surface area contributed by atoms with E-state index in [-0.39, 0.29) is 12.4 Å². The molecule has 44 valence electrons. The molecule has 2 atom stereocenters. The van der Waals surface area contributed by atoms with Crippen molar-refractivity contribution in [3.05, 3.63) is 0 Å². The number of hydrogen-bond donors (Lipinski definition) is 0. The predicted octanol–water partition coefficient (Wildman–Crippen LogP) is 1.61. The fourth-order valence-electron chi connectivity index (χ4n) is 0.659. The SMILES string of the molecule is CCC1OC1C.Cl. The average molecular weight is 123 g/mol. The van der Waals surface area contributed by atoms with E-state index < -0.39 is 0 Å². The molecule has 1 rings (SSSR count). The molecular weight excluding hydrogens is 112 g/mol. The van der Waals surface area contributed by atoms with Gasteiger partial charge in [0, 0.05) is 0 Å². The third-order valence-electron chi connectivity index (χ3n) is 1.24. The van der Waals surface area contributed by atoms with E-state index >= 15 is 0 Å². The van der Waals surface area contributed by atoms with E-state index in [1.807, 2.05) is 0 Å². The maximum Gasteiger partial charge on any atom is 0.0836 e. The molecule has 1 aliphatic heterocycles. The van der Waals surface area contributed by atoms with Crippen LogP contribution in [-0.2, 0) is 4.74 Å². The van der Waals surface area contributed by atoms with Crippen LogP contribution in [0.15, 0.2) is 0 Å². The zero-order chi connectivity index (χ0) is 4.57. The van der Waals surface area contributed by atoms with Gasteiger partial charge in [-0.15, -0.1) is 12.4 Å². The Balaban J connectivity index is 0.000000360. The highest BCUT2D eigenvalue weighted by atomic mass is 35.5. The maximum absolute atomic E-state index is 5.07. The Morgan fingerprint density at radius 2 is 2.00 bits per heavy atom. The molecule has 2 unspecified atom stereocenters. The largest absolute Gasteiger partial charge is 0.370 e. The van der Waals surface area contributed by atoms with Gasteiger partial charge in [-0.3, -0.25) is 0 Å². The maximum atomic E-state index is 5.07. The lowest BCUT2D eigenvalue weighted by atomic mass is 10.3. The van der Waals surface area contributed by atoms with Crippen LogP contribution in [0.2, 0.25) is 0 Å². The summed E-state index contributed by atoms with van der Waals surface area (Å²) in [6, 6.07) is 0. The minimum atomic E-state index is 0. The molecule has 1 fully saturated rings. The predicted molar refractivity (Wildman–Crippen MR) is 31.9 cm³/mol. The molecule has 0 aromatic heterocycles. The van der Waals surface area contributed by atoms with Crippen molar-refractivity contribution >= 4 is 12.4 Å². The molecule has 0 aromatic carbocycles. The summed E-state index contributed by atoms with van der Waals surface area (Å²) >= 11 is 0. The second-order valence-electron chi connectivity index (χ2n) is 1.79. The molecule has 0 amide bonds. The summed E-state index contributed by atoms with van der Waals surface area (Å²) in [7, 11) is 0. The third-order valence-corrected chi connectivity index (χ3v) is 1.24. The molecule has 0 aliphatic carbocycles. The fraction of sp³-hybridized carbons (Fsp3) is 1.00. The van der Waals surface area contributed by atoms with Crippen LogP contribution >= 0.6 is 12.4 Å². The van der Waals surface area contributed by atoms with Crippen LogP contribution in [0, 0.1) is 0 Å². The second kappa shape index (κ2) is 2.53. The molecule has 0 spiro atoms. The summed E-state index contributed by atoms with van der Waals surface area (Å²) in [6.45, 7) is 4.25. The van der Waals surface area contributed by atoms with E-state index in [1.54, 1.807) is 0 Å². The number of rotatable bonds is 1. The average Bonchev–Trinajstić information content (AvgIpc) is 2.19. The Morgan fingerprint density at radius 3 is 2.00 bits per heavy atom. The van der Waals surface area contributed by atoms with E-state index in [4.69, 9.17) is 4.74 Å². The second-order valence-corrected chi connectivity index (χ2v) is 1.79. The molecule has 0 saturated carbocycles. The Hall–Kier alpha value is 0.250. The standard InChI is InChI=1S/C5H10O.ClH/c1-3-5-4(2)6-5;/h4-5H,3H2,1-2H3;1H. The van der Waals surface area contributed by atoms with Crippen molar-refractivity contribution in [3.63, 3.8) is 0 Å². The lowest BCUT2D eigenvalue weighted by Gasteiger charge is -1.72. The van der Waals surface area contributed by atoms with Gasteiger partial charge >= 0.3 is 0 Å². The lowest BCUT2D eigenvalue weighted by Crippen LogP contribution is -1.81. The van der Waals surface area contributed by atoms with Crippen LogP contribution in [0.5, 0.6) is 0 Å². The Labute approximate surface area is 50.5 Å². The van der Waals surface area contributed by atoms with Gasteiger partial charge in [-0.2, -0.15) is 0 Å². The lowest BCUT2D eigenvalue weighted by molar-refractivity contribution is 0.375. The van der Waals surface area contributed by atoms with E-state index in [9.17, 15) is 0 Å². The highest BCUT2D eigenvalue weighted by molar-refractivity contribution is 5.85. The van der Waals surface area contributed by atoms with Crippen molar-refractivity contribution in [2.24, 2.45) is 0 Å². The van der Waals surface area contributed by atoms with Crippen LogP contribution in [0.3, 0.4) is 0 Å². The van der Waals surface area contributed by atoms with Crippen molar-refractivity contribution in [1.82, 2.24) is 0 Å². The number of ether oxygens (including phenoxy) is 1. The van der Waals surface area contributed by atoms with Gasteiger partial charge in [0.1, 0.15) is 0 Å². The first-order chi connectivity index (χ1) is 2.84. The van der Waals surface area contributed by atoms with Gasteiger partial charge in [0.25, 0.3) is 0 Å². The molecule has 1 aliphatic rings. The Kier molecular flexibility index (Phi) is 2.62. The molecule has 7 heavy (non-hydrogen) atoms. The van der Waals surface area contributed by atoms with Crippen molar-refractivity contribution < 1.29 is 4.74 Å². The van der Waals surface area contributed by atoms with Gasteiger partial charge in [-0.1, -0.05) is 6.92 Å². The summed E-state index contributed by atoms with van der Waals surface area (Å²) in [4.78, 5) is 0. The smallest absolute Gasteiger partial charge is 0.0836 e. The van der Waals surface area contributed by atoms with E-state index in [0.717, 1.165) is 0 Å². The van der Waals surface area contributed by atoms with Gasteiger partial charge in [0.15, 0.2) is 0 Å². The molecule has 0 radical (unpaired) electrons. The summed E-state index contributed by atoms with van der Waals surface area (Å²) in [5.74, 6) is 0. The van der Waals surface area contributed by atoms with Gasteiger partial charge in [-0.25, -0.2) is 0 Å². The van der Waals surface area contributed by atoms with Gasteiger partial charge in [-0.05, 0) is 13.3 Å². The summed E-state index contributed by atoms with van der Waals surface area (Å²) in [5.41, 5.74) is 0. The topological polar surface area (TPSA) is 12.5 Å². The molecule has 0 bridgehead atoms. The van der Waals surface area contributed by atoms with Gasteiger partial charge in [0.05, 0.1) is 12.2 Å². The Morgan fingerprint density at radius 1 is 1.57 bits per heavy atom. The minimum absolute atomic E-state index is 0. The first kappa shape index (κ1) is 7.25. The van der Waals surface area contributed by atoms with Crippen molar-refractivity contribution in [2.75, 3.05) is 0 Å². The van der Waals surface area contributed by atoms with Gasteiger partial charge in [0.2, 0.25) is 0 Å². The monoisotopic (exact) mass is 122 g/mol. The van der Waals surface area contributed by atoms with Crippen molar-refractivity contribution in [1.29, 1.82) is 0 Å². The van der Waals surface area contributed by atoms with Gasteiger partial charge < -0.3 is 4.74 Å². The molecule has 1 saturated heterocycles. The van der Waals surface area contributed by atoms with Crippen LogP contribution < -0.4 is 0 Å². The molecular formula is C5H11ClO. The van der Waals surface area contributed by atoms with Crippen LogP contribution in [-0.4, -0.2) is 12.2 Å². The van der Waals surface area contributed by atoms with Crippen molar-refractivity contribution in [2.45, 2.75) is 32.5 Å². The quantitative estimate of drug-likeness (QED) is 0.482. The molecule has 1 heterocycles. The van der Waals surface area contributed by atoms with Crippen molar-refractivity contribution in [3.8, 4) is 0 Å². The van der Waals surface area contributed by atoms with Crippen LogP contribution in [0.25, 0.3) is 0 Å². The molecule has 0 N–H and O–H groups in total. The highest BCUT2D eigenvalue weighted by Gasteiger charge is 2.31. The summed E-state index contributed by atoms with van der Waals surface area (Å²) in [5, 5.41) is 0. The number of epoxide rings is 1. The van der Waals surface area contributed by atoms with Crippen LogP contribution in [0.1, 0.15) is 20.3 Å². The van der Waals surface area contributed by atoms with E-state index in [1.165, 1.54) is 6.42 Å². The number of hydrogen-bond acceptors (Lipinski definition) is 1. The van der Waals surface area contributed by atoms with Crippen LogP contribution in [0.4, 0.5) is 0 Å². The molecule has 2 heteroatoms. The summed E-state index contributed by atoms with van der Waals surface area (Å²) < 4.78 is 5.07. The normalized spacial score (nSPS) is 36.9. The summed E-state index contributed by atoms with van der Waals surface area (Å²) in [6.07, 6.45) is 2.35. The molecule has 1 nitrogen and oxygen atoms in total. The van der Waals surface area contributed by atoms with E-state index in [2.05, 4.69) is 13.8 Å². The first-order valence-electron chi connectivity index (χ1n) is 2.50. The highest BCUT2D eigenvalue weighted by Crippen LogP contribution is 2.22. The first-order valence-corrected chi connectivity index (χ1v) is 2.50. The molecule has 0 aromatic rings. The zero-order valence-electron chi connectivity index (χ0n) is 4.68. The fourth-order valence-corrected chi connectivity index (χ4v) is 0.659. The number of halogens is 1.